The van der Waals surface area contributed by atoms with Crippen molar-refractivity contribution < 1.29 is 0 Å². The summed E-state index contributed by atoms with van der Waals surface area (Å²) in [6.45, 7) is 10.3. The van der Waals surface area contributed by atoms with E-state index in [1.807, 2.05) is 0 Å². The van der Waals surface area contributed by atoms with Gasteiger partial charge in [0.1, 0.15) is 0 Å². The average Bonchev–Trinajstić information content (AvgIpc) is 2.40. The first-order chi connectivity index (χ1) is 9.52. The van der Waals surface area contributed by atoms with E-state index in [-0.39, 0.29) is 0 Å². The Kier molecular flexibility index (Phi) is 5.22. The zero-order valence-electron chi connectivity index (χ0n) is 13.7. The maximum absolute atomic E-state index is 3.53. The highest BCUT2D eigenvalue weighted by molar-refractivity contribution is 5.33. The van der Waals surface area contributed by atoms with Gasteiger partial charge >= 0.3 is 0 Å². The van der Waals surface area contributed by atoms with E-state index in [2.05, 4.69) is 63.2 Å². The highest BCUT2D eigenvalue weighted by atomic mass is 15.2. The molecule has 1 heterocycles. The lowest BCUT2D eigenvalue weighted by atomic mass is 9.94. The molecule has 1 aromatic carbocycles. The quantitative estimate of drug-likeness (QED) is 0.897. The Hall–Kier alpha value is -0.860. The fourth-order valence-corrected chi connectivity index (χ4v) is 3.61. The summed E-state index contributed by atoms with van der Waals surface area (Å²) in [6.07, 6.45) is 4.06. The molecule has 1 aliphatic rings. The summed E-state index contributed by atoms with van der Waals surface area (Å²) in [5.74, 6) is 0. The number of nitrogens with zero attached hydrogens (tertiary/aromatic N) is 1. The van der Waals surface area contributed by atoms with Crippen LogP contribution in [0.2, 0.25) is 0 Å². The summed E-state index contributed by atoms with van der Waals surface area (Å²) in [6, 6.07) is 8.67. The van der Waals surface area contributed by atoms with Crippen molar-refractivity contribution in [2.24, 2.45) is 0 Å². The average molecular weight is 274 g/mol. The van der Waals surface area contributed by atoms with E-state index in [0.717, 1.165) is 6.54 Å². The largest absolute Gasteiger partial charge is 0.312 e. The van der Waals surface area contributed by atoms with Crippen molar-refractivity contribution in [2.45, 2.75) is 65.1 Å². The molecule has 0 saturated carbocycles. The van der Waals surface area contributed by atoms with Crippen LogP contribution in [0.5, 0.6) is 0 Å². The predicted octanol–water partition coefficient (Wildman–Crippen LogP) is 3.83. The number of likely N-dealkylation sites (N-methyl/N-ethyl adjacent to an activating group) is 1. The standard InChI is InChI=1S/C18H30N2/c1-13-9-10-17(14(2)11-13)18(19-5)12-20-15(3)7-6-8-16(20)4/h9-11,15-16,18-19H,6-8,12H2,1-5H3/t15-,16+,18?. The highest BCUT2D eigenvalue weighted by Crippen LogP contribution is 2.27. The summed E-state index contributed by atoms with van der Waals surface area (Å²) in [7, 11) is 2.09. The number of hydrogen-bond acceptors (Lipinski definition) is 2. The normalized spacial score (nSPS) is 25.6. The lowest BCUT2D eigenvalue weighted by Crippen LogP contribution is -2.47. The molecule has 112 valence electrons. The summed E-state index contributed by atoms with van der Waals surface area (Å²) in [5.41, 5.74) is 4.20. The second-order valence-electron chi connectivity index (χ2n) is 6.53. The van der Waals surface area contributed by atoms with E-state index < -0.39 is 0 Å². The van der Waals surface area contributed by atoms with E-state index in [9.17, 15) is 0 Å². The van der Waals surface area contributed by atoms with E-state index >= 15 is 0 Å². The second-order valence-corrected chi connectivity index (χ2v) is 6.53. The molecule has 0 amide bonds. The molecule has 0 spiro atoms. The zero-order valence-corrected chi connectivity index (χ0v) is 13.7. The number of nitrogens with one attached hydrogen (secondary N) is 1. The van der Waals surface area contributed by atoms with Gasteiger partial charge in [-0.3, -0.25) is 4.90 Å². The van der Waals surface area contributed by atoms with Crippen LogP contribution >= 0.6 is 0 Å². The molecule has 0 aromatic heterocycles. The summed E-state index contributed by atoms with van der Waals surface area (Å²) in [5, 5.41) is 3.53. The molecule has 0 bridgehead atoms. The first kappa shape index (κ1) is 15.5. The molecule has 0 radical (unpaired) electrons. The van der Waals surface area contributed by atoms with Gasteiger partial charge in [-0.2, -0.15) is 0 Å². The van der Waals surface area contributed by atoms with Gasteiger partial charge in [0, 0.05) is 24.7 Å². The molecule has 20 heavy (non-hydrogen) atoms. The molecule has 1 saturated heterocycles. The first-order valence-electron chi connectivity index (χ1n) is 8.03. The van der Waals surface area contributed by atoms with E-state index in [4.69, 9.17) is 0 Å². The molecule has 1 aliphatic heterocycles. The van der Waals surface area contributed by atoms with Gasteiger partial charge in [0.05, 0.1) is 0 Å². The first-order valence-corrected chi connectivity index (χ1v) is 8.03. The van der Waals surface area contributed by atoms with Crippen molar-refractivity contribution in [3.05, 3.63) is 34.9 Å². The minimum absolute atomic E-state index is 0.429. The third-order valence-corrected chi connectivity index (χ3v) is 4.92. The van der Waals surface area contributed by atoms with Gasteiger partial charge < -0.3 is 5.32 Å². The molecule has 1 fully saturated rings. The topological polar surface area (TPSA) is 15.3 Å². The van der Waals surface area contributed by atoms with Gasteiger partial charge in [-0.05, 0) is 58.7 Å². The summed E-state index contributed by atoms with van der Waals surface area (Å²) < 4.78 is 0. The molecule has 1 N–H and O–H groups in total. The molecule has 2 rings (SSSR count). The van der Waals surface area contributed by atoms with E-state index in [1.54, 1.807) is 0 Å². The number of aryl methyl sites for hydroxylation is 2. The number of rotatable bonds is 4. The molecule has 1 unspecified atom stereocenters. The van der Waals surface area contributed by atoms with E-state index in [0.29, 0.717) is 18.1 Å². The predicted molar refractivity (Wildman–Crippen MR) is 87.2 cm³/mol. The van der Waals surface area contributed by atoms with Gasteiger partial charge in [-0.15, -0.1) is 0 Å². The van der Waals surface area contributed by atoms with Crippen molar-refractivity contribution in [1.29, 1.82) is 0 Å². The van der Waals surface area contributed by atoms with Gasteiger partial charge in [0.2, 0.25) is 0 Å². The Bertz CT molecular complexity index is 431. The monoisotopic (exact) mass is 274 g/mol. The third kappa shape index (κ3) is 3.42. The van der Waals surface area contributed by atoms with Crippen molar-refractivity contribution in [1.82, 2.24) is 10.2 Å². The van der Waals surface area contributed by atoms with E-state index in [1.165, 1.54) is 36.0 Å². The van der Waals surface area contributed by atoms with Crippen LogP contribution in [0.15, 0.2) is 18.2 Å². The van der Waals surface area contributed by atoms with Crippen molar-refractivity contribution in [3.8, 4) is 0 Å². The zero-order chi connectivity index (χ0) is 14.7. The fourth-order valence-electron chi connectivity index (χ4n) is 3.61. The Balaban J connectivity index is 2.15. The molecular formula is C18H30N2. The lowest BCUT2D eigenvalue weighted by molar-refractivity contribution is 0.0919. The molecule has 3 atom stereocenters. The van der Waals surface area contributed by atoms with Crippen LogP contribution in [0.25, 0.3) is 0 Å². The highest BCUT2D eigenvalue weighted by Gasteiger charge is 2.27. The van der Waals surface area contributed by atoms with Crippen LogP contribution < -0.4 is 5.32 Å². The van der Waals surface area contributed by atoms with Gasteiger partial charge in [0.15, 0.2) is 0 Å². The van der Waals surface area contributed by atoms with Crippen LogP contribution in [0, 0.1) is 13.8 Å². The SMILES string of the molecule is CNC(CN1[C@H](C)CCC[C@@H]1C)c1ccc(C)cc1C. The van der Waals surface area contributed by atoms with Gasteiger partial charge in [0.25, 0.3) is 0 Å². The van der Waals surface area contributed by atoms with Crippen molar-refractivity contribution in [3.63, 3.8) is 0 Å². The maximum atomic E-state index is 3.53. The fraction of sp³-hybridized carbons (Fsp3) is 0.667. The van der Waals surface area contributed by atoms with Crippen LogP contribution in [0.3, 0.4) is 0 Å². The van der Waals surface area contributed by atoms with Crippen LogP contribution in [0.4, 0.5) is 0 Å². The third-order valence-electron chi connectivity index (χ3n) is 4.92. The van der Waals surface area contributed by atoms with Crippen molar-refractivity contribution >= 4 is 0 Å². The number of likely N-dealkylation sites (tertiary alicyclic amines) is 1. The molecule has 2 nitrogen and oxygen atoms in total. The lowest BCUT2D eigenvalue weighted by Gasteiger charge is -2.41. The molecule has 0 aliphatic carbocycles. The van der Waals surface area contributed by atoms with Crippen LogP contribution in [0.1, 0.15) is 55.8 Å². The van der Waals surface area contributed by atoms with Crippen molar-refractivity contribution in [2.75, 3.05) is 13.6 Å². The maximum Gasteiger partial charge on any atom is 0.0449 e. The number of benzene rings is 1. The van der Waals surface area contributed by atoms with Crippen LogP contribution in [-0.4, -0.2) is 30.6 Å². The second kappa shape index (κ2) is 6.73. The van der Waals surface area contributed by atoms with Gasteiger partial charge in [-0.1, -0.05) is 30.2 Å². The Morgan fingerprint density at radius 3 is 2.40 bits per heavy atom. The Morgan fingerprint density at radius 1 is 1.20 bits per heavy atom. The molecule has 1 aromatic rings. The Morgan fingerprint density at radius 2 is 1.85 bits per heavy atom. The van der Waals surface area contributed by atoms with Crippen LogP contribution in [-0.2, 0) is 0 Å². The van der Waals surface area contributed by atoms with Gasteiger partial charge in [-0.25, -0.2) is 0 Å². The smallest absolute Gasteiger partial charge is 0.0449 e. The minimum Gasteiger partial charge on any atom is -0.312 e. The summed E-state index contributed by atoms with van der Waals surface area (Å²) >= 11 is 0. The summed E-state index contributed by atoms with van der Waals surface area (Å²) in [4.78, 5) is 2.68. The minimum atomic E-state index is 0.429. The molecule has 2 heteroatoms. The molecular weight excluding hydrogens is 244 g/mol. The Labute approximate surface area is 124 Å². The number of hydrogen-bond donors (Lipinski definition) is 1. The number of piperidine rings is 1.